The molecular formula is C14H12BrFOS. The molecule has 1 nitrogen and oxygen atoms in total. The van der Waals surface area contributed by atoms with Gasteiger partial charge in [-0.1, -0.05) is 6.07 Å². The van der Waals surface area contributed by atoms with E-state index in [4.69, 9.17) is 4.74 Å². The molecule has 0 bridgehead atoms. The summed E-state index contributed by atoms with van der Waals surface area (Å²) in [6, 6.07) is 12.8. The van der Waals surface area contributed by atoms with Crippen LogP contribution < -0.4 is 4.74 Å². The van der Waals surface area contributed by atoms with Crippen LogP contribution in [0.1, 0.15) is 5.56 Å². The minimum Gasteiger partial charge on any atom is -0.489 e. The van der Waals surface area contributed by atoms with Crippen molar-refractivity contribution in [3.8, 4) is 5.75 Å². The summed E-state index contributed by atoms with van der Waals surface area (Å²) >= 11 is 4.85. The lowest BCUT2D eigenvalue weighted by Crippen LogP contribution is -1.95. The second-order valence-electron chi connectivity index (χ2n) is 3.71. The highest BCUT2D eigenvalue weighted by Gasteiger charge is 2.01. The summed E-state index contributed by atoms with van der Waals surface area (Å²) in [5.41, 5.74) is 0.928. The van der Waals surface area contributed by atoms with Crippen molar-refractivity contribution < 1.29 is 9.13 Å². The molecule has 2 aromatic rings. The molecule has 18 heavy (non-hydrogen) atoms. The van der Waals surface area contributed by atoms with Gasteiger partial charge in [0.2, 0.25) is 0 Å². The number of ether oxygens (including phenoxy) is 1. The molecule has 0 unspecified atom stereocenters. The van der Waals surface area contributed by atoms with Crippen molar-refractivity contribution in [2.24, 2.45) is 0 Å². The standard InChI is InChI=1S/C14H12BrFOS/c1-18-12-5-3-11(4-6-12)17-9-10-2-7-14(16)13(15)8-10/h2-8H,9H2,1H3. The second kappa shape index (κ2) is 6.25. The Balaban J connectivity index is 1.99. The zero-order valence-electron chi connectivity index (χ0n) is 9.82. The van der Waals surface area contributed by atoms with Crippen molar-refractivity contribution in [2.45, 2.75) is 11.5 Å². The minimum atomic E-state index is -0.261. The molecule has 0 aromatic heterocycles. The van der Waals surface area contributed by atoms with Crippen LogP contribution in [-0.4, -0.2) is 6.26 Å². The van der Waals surface area contributed by atoms with Crippen molar-refractivity contribution in [2.75, 3.05) is 6.26 Å². The Morgan fingerprint density at radius 2 is 1.89 bits per heavy atom. The first-order chi connectivity index (χ1) is 8.69. The Morgan fingerprint density at radius 1 is 1.17 bits per heavy atom. The summed E-state index contributed by atoms with van der Waals surface area (Å²) in [5.74, 6) is 0.552. The Morgan fingerprint density at radius 3 is 2.50 bits per heavy atom. The van der Waals surface area contributed by atoms with E-state index in [9.17, 15) is 4.39 Å². The van der Waals surface area contributed by atoms with Crippen molar-refractivity contribution in [3.63, 3.8) is 0 Å². The molecule has 0 heterocycles. The summed E-state index contributed by atoms with van der Waals surface area (Å²) in [6.07, 6.45) is 2.03. The predicted molar refractivity (Wildman–Crippen MR) is 76.7 cm³/mol. The number of hydrogen-bond donors (Lipinski definition) is 0. The highest BCUT2D eigenvalue weighted by molar-refractivity contribution is 9.10. The molecule has 0 saturated carbocycles. The van der Waals surface area contributed by atoms with Crippen LogP contribution in [0.5, 0.6) is 5.75 Å². The lowest BCUT2D eigenvalue weighted by atomic mass is 10.2. The van der Waals surface area contributed by atoms with Crippen molar-refractivity contribution in [1.29, 1.82) is 0 Å². The zero-order valence-corrected chi connectivity index (χ0v) is 12.2. The smallest absolute Gasteiger partial charge is 0.137 e. The Kier molecular flexibility index (Phi) is 4.66. The van der Waals surface area contributed by atoms with Gasteiger partial charge in [0.05, 0.1) is 4.47 Å². The van der Waals surface area contributed by atoms with Gasteiger partial charge >= 0.3 is 0 Å². The zero-order chi connectivity index (χ0) is 13.0. The van der Waals surface area contributed by atoms with Crippen LogP contribution in [0.4, 0.5) is 4.39 Å². The van der Waals surface area contributed by atoms with Gasteiger partial charge in [0, 0.05) is 4.90 Å². The molecule has 0 radical (unpaired) electrons. The average Bonchev–Trinajstić information content (AvgIpc) is 2.41. The third-order valence-corrected chi connectivity index (χ3v) is 3.80. The molecule has 0 N–H and O–H groups in total. The van der Waals surface area contributed by atoms with Gasteiger partial charge in [-0.05, 0) is 64.1 Å². The van der Waals surface area contributed by atoms with Gasteiger partial charge < -0.3 is 4.74 Å². The second-order valence-corrected chi connectivity index (χ2v) is 5.45. The van der Waals surface area contributed by atoms with E-state index in [0.717, 1.165) is 11.3 Å². The van der Waals surface area contributed by atoms with E-state index in [1.165, 1.54) is 11.0 Å². The summed E-state index contributed by atoms with van der Waals surface area (Å²) in [7, 11) is 0. The normalized spacial score (nSPS) is 10.4. The van der Waals surface area contributed by atoms with Crippen molar-refractivity contribution in [1.82, 2.24) is 0 Å². The molecule has 0 aliphatic heterocycles. The third-order valence-electron chi connectivity index (χ3n) is 2.45. The topological polar surface area (TPSA) is 9.23 Å². The molecule has 4 heteroatoms. The highest BCUT2D eigenvalue weighted by atomic mass is 79.9. The Hall–Kier alpha value is -1.000. The number of thioether (sulfide) groups is 1. The minimum absolute atomic E-state index is 0.261. The molecular weight excluding hydrogens is 315 g/mol. The molecule has 0 atom stereocenters. The quantitative estimate of drug-likeness (QED) is 0.740. The van der Waals surface area contributed by atoms with Gasteiger partial charge in [-0.2, -0.15) is 0 Å². The van der Waals surface area contributed by atoms with Gasteiger partial charge in [-0.15, -0.1) is 11.8 Å². The van der Waals surface area contributed by atoms with Gasteiger partial charge in [0.1, 0.15) is 18.2 Å². The van der Waals surface area contributed by atoms with Gasteiger partial charge in [0.25, 0.3) is 0 Å². The van der Waals surface area contributed by atoms with Crippen molar-refractivity contribution in [3.05, 3.63) is 58.3 Å². The maximum Gasteiger partial charge on any atom is 0.137 e. The largest absolute Gasteiger partial charge is 0.489 e. The fourth-order valence-corrected chi connectivity index (χ4v) is 2.30. The molecule has 0 spiro atoms. The lowest BCUT2D eigenvalue weighted by Gasteiger charge is -2.07. The molecule has 0 fully saturated rings. The molecule has 94 valence electrons. The maximum absolute atomic E-state index is 13.1. The fourth-order valence-electron chi connectivity index (χ4n) is 1.47. The first-order valence-corrected chi connectivity index (χ1v) is 7.41. The Labute approximate surface area is 118 Å². The third kappa shape index (κ3) is 3.50. The van der Waals surface area contributed by atoms with E-state index < -0.39 is 0 Å². The molecule has 0 aliphatic rings. The number of rotatable bonds is 4. The van der Waals surface area contributed by atoms with Crippen LogP contribution in [0.3, 0.4) is 0 Å². The van der Waals surface area contributed by atoms with E-state index in [1.54, 1.807) is 23.9 Å². The molecule has 0 saturated heterocycles. The SMILES string of the molecule is CSc1ccc(OCc2ccc(F)c(Br)c2)cc1. The summed E-state index contributed by atoms with van der Waals surface area (Å²) in [4.78, 5) is 1.20. The maximum atomic E-state index is 13.1. The monoisotopic (exact) mass is 326 g/mol. The first-order valence-electron chi connectivity index (χ1n) is 5.40. The summed E-state index contributed by atoms with van der Waals surface area (Å²) in [6.45, 7) is 0.428. The average molecular weight is 327 g/mol. The van der Waals surface area contributed by atoms with Crippen LogP contribution in [0.2, 0.25) is 0 Å². The van der Waals surface area contributed by atoms with Crippen molar-refractivity contribution >= 4 is 27.7 Å². The van der Waals surface area contributed by atoms with Gasteiger partial charge in [0.15, 0.2) is 0 Å². The van der Waals surface area contributed by atoms with E-state index in [1.807, 2.05) is 30.5 Å². The number of benzene rings is 2. The van der Waals surface area contributed by atoms with Crippen LogP contribution in [-0.2, 0) is 6.61 Å². The van der Waals surface area contributed by atoms with E-state index in [2.05, 4.69) is 15.9 Å². The Bertz CT molecular complexity index is 528. The molecule has 2 aromatic carbocycles. The van der Waals surface area contributed by atoms with Gasteiger partial charge in [-0.3, -0.25) is 0 Å². The summed E-state index contributed by atoms with van der Waals surface area (Å²) in [5, 5.41) is 0. The molecule has 0 aliphatic carbocycles. The van der Waals surface area contributed by atoms with Crippen LogP contribution >= 0.6 is 27.7 Å². The highest BCUT2D eigenvalue weighted by Crippen LogP contribution is 2.21. The van der Waals surface area contributed by atoms with Crippen LogP contribution in [0, 0.1) is 5.82 Å². The molecule has 2 rings (SSSR count). The summed E-state index contributed by atoms with van der Waals surface area (Å²) < 4.78 is 19.1. The lowest BCUT2D eigenvalue weighted by molar-refractivity contribution is 0.306. The van der Waals surface area contributed by atoms with Crippen LogP contribution in [0.15, 0.2) is 51.8 Å². The predicted octanol–water partition coefficient (Wildman–Crippen LogP) is 4.89. The van der Waals surface area contributed by atoms with Gasteiger partial charge in [-0.25, -0.2) is 4.39 Å². The number of hydrogen-bond acceptors (Lipinski definition) is 2. The van der Waals surface area contributed by atoms with E-state index in [0.29, 0.717) is 11.1 Å². The first kappa shape index (κ1) is 13.4. The fraction of sp³-hybridized carbons (Fsp3) is 0.143. The number of halogens is 2. The van der Waals surface area contributed by atoms with E-state index >= 15 is 0 Å². The molecule has 0 amide bonds. The van der Waals surface area contributed by atoms with E-state index in [-0.39, 0.29) is 5.82 Å². The van der Waals surface area contributed by atoms with Crippen LogP contribution in [0.25, 0.3) is 0 Å².